The van der Waals surface area contributed by atoms with Crippen LogP contribution in [0.1, 0.15) is 19.7 Å². The first kappa shape index (κ1) is 13.5. The summed E-state index contributed by atoms with van der Waals surface area (Å²) >= 11 is 0. The van der Waals surface area contributed by atoms with Gasteiger partial charge in [-0.25, -0.2) is 0 Å². The molecule has 3 heterocycles. The van der Waals surface area contributed by atoms with Crippen LogP contribution in [0.15, 0.2) is 6.33 Å². The van der Waals surface area contributed by atoms with E-state index in [2.05, 4.69) is 30.5 Å². The SMILES string of the molecule is CNc1nc(OC(C)C)nc(N2CCn3cnnc3C2)n1. The van der Waals surface area contributed by atoms with Crippen molar-refractivity contribution in [3.8, 4) is 6.01 Å². The molecule has 0 aliphatic carbocycles. The van der Waals surface area contributed by atoms with Crippen LogP contribution in [0.5, 0.6) is 6.01 Å². The van der Waals surface area contributed by atoms with Gasteiger partial charge >= 0.3 is 6.01 Å². The predicted molar refractivity (Wildman–Crippen MR) is 76.2 cm³/mol. The number of ether oxygens (including phenoxy) is 1. The second-order valence-corrected chi connectivity index (χ2v) is 5.02. The fourth-order valence-corrected chi connectivity index (χ4v) is 2.10. The van der Waals surface area contributed by atoms with Gasteiger partial charge in [0.25, 0.3) is 0 Å². The number of hydrogen-bond acceptors (Lipinski definition) is 8. The van der Waals surface area contributed by atoms with Crippen molar-refractivity contribution >= 4 is 11.9 Å². The average Bonchev–Trinajstić information content (AvgIpc) is 2.93. The molecule has 1 aliphatic rings. The standard InChI is InChI=1S/C12H18N8O/c1-8(2)21-12-16-10(13-3)15-11(17-12)19-4-5-20-7-14-18-9(20)6-19/h7-8H,4-6H2,1-3H3,(H,13,15,16,17). The highest BCUT2D eigenvalue weighted by Crippen LogP contribution is 2.19. The highest BCUT2D eigenvalue weighted by atomic mass is 16.5. The second-order valence-electron chi connectivity index (χ2n) is 5.02. The Bertz CT molecular complexity index is 625. The van der Waals surface area contributed by atoms with Crippen LogP contribution < -0.4 is 15.0 Å². The molecule has 2 aromatic heterocycles. The van der Waals surface area contributed by atoms with Gasteiger partial charge in [0.05, 0.1) is 12.6 Å². The van der Waals surface area contributed by atoms with Crippen LogP contribution in [0.25, 0.3) is 0 Å². The Balaban J connectivity index is 1.87. The minimum Gasteiger partial charge on any atom is -0.461 e. The maximum Gasteiger partial charge on any atom is 0.323 e. The van der Waals surface area contributed by atoms with Gasteiger partial charge in [-0.2, -0.15) is 15.0 Å². The molecule has 0 unspecified atom stereocenters. The third-order valence-electron chi connectivity index (χ3n) is 3.09. The van der Waals surface area contributed by atoms with Gasteiger partial charge in [-0.3, -0.25) is 0 Å². The molecular weight excluding hydrogens is 272 g/mol. The summed E-state index contributed by atoms with van der Waals surface area (Å²) in [7, 11) is 1.77. The van der Waals surface area contributed by atoms with Gasteiger partial charge in [-0.1, -0.05) is 0 Å². The monoisotopic (exact) mass is 290 g/mol. The van der Waals surface area contributed by atoms with Crippen LogP contribution >= 0.6 is 0 Å². The molecule has 9 heteroatoms. The Kier molecular flexibility index (Phi) is 3.55. The molecule has 3 rings (SSSR count). The quantitative estimate of drug-likeness (QED) is 0.860. The van der Waals surface area contributed by atoms with Crippen molar-refractivity contribution in [2.24, 2.45) is 0 Å². The van der Waals surface area contributed by atoms with E-state index in [1.54, 1.807) is 13.4 Å². The fraction of sp³-hybridized carbons (Fsp3) is 0.583. The minimum atomic E-state index is 0.00871. The first-order valence-corrected chi connectivity index (χ1v) is 6.88. The summed E-state index contributed by atoms with van der Waals surface area (Å²) in [5.41, 5.74) is 0. The molecule has 1 N–H and O–H groups in total. The van der Waals surface area contributed by atoms with E-state index < -0.39 is 0 Å². The molecule has 0 bridgehead atoms. The van der Waals surface area contributed by atoms with E-state index in [4.69, 9.17) is 4.74 Å². The van der Waals surface area contributed by atoms with Gasteiger partial charge in [0.2, 0.25) is 11.9 Å². The lowest BCUT2D eigenvalue weighted by atomic mass is 10.4. The number of aromatic nitrogens is 6. The lowest BCUT2D eigenvalue weighted by Crippen LogP contribution is -2.35. The molecule has 112 valence electrons. The third kappa shape index (κ3) is 2.86. The molecule has 0 atom stereocenters. The molecular formula is C12H18N8O. The van der Waals surface area contributed by atoms with Crippen molar-refractivity contribution < 1.29 is 4.74 Å². The average molecular weight is 290 g/mol. The van der Waals surface area contributed by atoms with Crippen LogP contribution in [-0.4, -0.2) is 49.4 Å². The summed E-state index contributed by atoms with van der Waals surface area (Å²) in [6.45, 7) is 6.09. The molecule has 0 aromatic carbocycles. The first-order chi connectivity index (χ1) is 10.2. The van der Waals surface area contributed by atoms with E-state index >= 15 is 0 Å². The van der Waals surface area contributed by atoms with Gasteiger partial charge < -0.3 is 19.5 Å². The Morgan fingerprint density at radius 2 is 2.10 bits per heavy atom. The summed E-state index contributed by atoms with van der Waals surface area (Å²) in [6.07, 6.45) is 1.75. The van der Waals surface area contributed by atoms with E-state index in [1.165, 1.54) is 0 Å². The number of fused-ring (bicyclic) bond motifs is 1. The number of rotatable bonds is 4. The number of nitrogens with zero attached hydrogens (tertiary/aromatic N) is 7. The third-order valence-corrected chi connectivity index (χ3v) is 3.09. The van der Waals surface area contributed by atoms with Crippen LogP contribution in [0.4, 0.5) is 11.9 Å². The molecule has 21 heavy (non-hydrogen) atoms. The summed E-state index contributed by atoms with van der Waals surface area (Å²) < 4.78 is 7.61. The highest BCUT2D eigenvalue weighted by molar-refractivity contribution is 5.38. The summed E-state index contributed by atoms with van der Waals surface area (Å²) in [5, 5.41) is 10.9. The zero-order valence-corrected chi connectivity index (χ0v) is 12.3. The van der Waals surface area contributed by atoms with E-state index in [9.17, 15) is 0 Å². The number of hydrogen-bond donors (Lipinski definition) is 1. The second kappa shape index (κ2) is 5.51. The maximum absolute atomic E-state index is 5.58. The van der Waals surface area contributed by atoms with Gasteiger partial charge in [-0.15, -0.1) is 10.2 Å². The molecule has 0 saturated carbocycles. The van der Waals surface area contributed by atoms with E-state index in [1.807, 2.05) is 23.3 Å². The van der Waals surface area contributed by atoms with Gasteiger partial charge in [0.15, 0.2) is 5.82 Å². The van der Waals surface area contributed by atoms with E-state index in [0.717, 1.165) is 18.9 Å². The summed E-state index contributed by atoms with van der Waals surface area (Å²) in [4.78, 5) is 15.0. The van der Waals surface area contributed by atoms with Crippen molar-refractivity contribution in [2.45, 2.75) is 33.0 Å². The van der Waals surface area contributed by atoms with Crippen molar-refractivity contribution in [3.05, 3.63) is 12.2 Å². The van der Waals surface area contributed by atoms with Gasteiger partial charge in [0, 0.05) is 20.1 Å². The molecule has 0 fully saturated rings. The Morgan fingerprint density at radius 3 is 2.86 bits per heavy atom. The van der Waals surface area contributed by atoms with E-state index in [-0.39, 0.29) is 6.10 Å². The van der Waals surface area contributed by atoms with Gasteiger partial charge in [-0.05, 0) is 13.8 Å². The Morgan fingerprint density at radius 1 is 1.24 bits per heavy atom. The van der Waals surface area contributed by atoms with Crippen molar-refractivity contribution in [1.82, 2.24) is 29.7 Å². The zero-order valence-electron chi connectivity index (χ0n) is 12.3. The van der Waals surface area contributed by atoms with Crippen molar-refractivity contribution in [2.75, 3.05) is 23.8 Å². The van der Waals surface area contributed by atoms with Crippen molar-refractivity contribution in [3.63, 3.8) is 0 Å². The molecule has 0 saturated heterocycles. The largest absolute Gasteiger partial charge is 0.461 e. The topological polar surface area (TPSA) is 93.9 Å². The minimum absolute atomic E-state index is 0.00871. The van der Waals surface area contributed by atoms with Crippen LogP contribution in [0, 0.1) is 0 Å². The molecule has 0 spiro atoms. The van der Waals surface area contributed by atoms with Crippen LogP contribution in [-0.2, 0) is 13.1 Å². The number of anilines is 2. The van der Waals surface area contributed by atoms with Gasteiger partial charge in [0.1, 0.15) is 6.33 Å². The summed E-state index contributed by atoms with van der Waals surface area (Å²) in [5.74, 6) is 1.97. The Hall–Kier alpha value is -2.45. The predicted octanol–water partition coefficient (Wildman–Crippen LogP) is 0.312. The lowest BCUT2D eigenvalue weighted by Gasteiger charge is -2.27. The zero-order chi connectivity index (χ0) is 14.8. The number of nitrogens with one attached hydrogen (secondary N) is 1. The fourth-order valence-electron chi connectivity index (χ4n) is 2.10. The molecule has 0 amide bonds. The van der Waals surface area contributed by atoms with E-state index in [0.29, 0.717) is 24.5 Å². The smallest absolute Gasteiger partial charge is 0.323 e. The first-order valence-electron chi connectivity index (χ1n) is 6.88. The maximum atomic E-state index is 5.58. The molecule has 1 aliphatic heterocycles. The highest BCUT2D eigenvalue weighted by Gasteiger charge is 2.21. The molecule has 0 radical (unpaired) electrons. The summed E-state index contributed by atoms with van der Waals surface area (Å²) in [6, 6.07) is 0.325. The lowest BCUT2D eigenvalue weighted by molar-refractivity contribution is 0.222. The molecule has 2 aromatic rings. The van der Waals surface area contributed by atoms with Crippen LogP contribution in [0.2, 0.25) is 0 Å². The van der Waals surface area contributed by atoms with Crippen LogP contribution in [0.3, 0.4) is 0 Å². The van der Waals surface area contributed by atoms with Crippen molar-refractivity contribution in [1.29, 1.82) is 0 Å². The molecule has 9 nitrogen and oxygen atoms in total. The normalized spacial score (nSPS) is 14.2. The Labute approximate surface area is 122 Å².